The van der Waals surface area contributed by atoms with Crippen LogP contribution in [0.15, 0.2) is 30.5 Å². The van der Waals surface area contributed by atoms with E-state index >= 15 is 0 Å². The number of anilines is 2. The van der Waals surface area contributed by atoms with Gasteiger partial charge in [-0.1, -0.05) is 19.1 Å². The standard InChI is InChI=1S/C25H31N7/c1-5-9-31-10-12-32(13-11-31)24-14-22-23(16-27-24)19(4)29-30-25(22)28-18(3)21-8-6-7-20(15-26)17(21)2/h6-8,14,16,18H,5,9-13H2,1-4H3,(H,28,30)/t18-/m1/s1. The maximum absolute atomic E-state index is 9.38. The molecule has 3 aromatic rings. The minimum atomic E-state index is -0.0160. The molecule has 7 heteroatoms. The highest BCUT2D eigenvalue weighted by molar-refractivity contribution is 5.94. The monoisotopic (exact) mass is 429 g/mol. The van der Waals surface area contributed by atoms with Crippen molar-refractivity contribution in [2.45, 2.75) is 40.2 Å². The van der Waals surface area contributed by atoms with E-state index in [1.54, 1.807) is 0 Å². The number of nitrogens with zero attached hydrogens (tertiary/aromatic N) is 6. The zero-order valence-electron chi connectivity index (χ0n) is 19.4. The molecular formula is C25H31N7. The maximum Gasteiger partial charge on any atom is 0.157 e. The van der Waals surface area contributed by atoms with Crippen LogP contribution in [-0.2, 0) is 0 Å². The summed E-state index contributed by atoms with van der Waals surface area (Å²) in [5.74, 6) is 1.73. The SMILES string of the molecule is CCCN1CCN(c2cc3c(N[C@H](C)c4cccc(C#N)c4C)nnc(C)c3cn2)CC1. The third-order valence-corrected chi connectivity index (χ3v) is 6.39. The molecule has 0 radical (unpaired) electrons. The second-order valence-electron chi connectivity index (χ2n) is 8.55. The summed E-state index contributed by atoms with van der Waals surface area (Å²) in [5, 5.41) is 23.8. The number of nitrogens with one attached hydrogen (secondary N) is 1. The van der Waals surface area contributed by atoms with Crippen LogP contribution in [0.1, 0.15) is 48.7 Å². The zero-order valence-corrected chi connectivity index (χ0v) is 19.4. The molecular weight excluding hydrogens is 398 g/mol. The molecule has 0 unspecified atom stereocenters. The zero-order chi connectivity index (χ0) is 22.7. The Morgan fingerprint density at radius 2 is 1.91 bits per heavy atom. The van der Waals surface area contributed by atoms with Crippen molar-refractivity contribution in [2.75, 3.05) is 42.9 Å². The van der Waals surface area contributed by atoms with Gasteiger partial charge in [-0.15, -0.1) is 5.10 Å². The van der Waals surface area contributed by atoms with E-state index in [9.17, 15) is 5.26 Å². The molecule has 32 heavy (non-hydrogen) atoms. The Balaban J connectivity index is 1.63. The van der Waals surface area contributed by atoms with Gasteiger partial charge in [0.25, 0.3) is 0 Å². The molecule has 1 aliphatic rings. The van der Waals surface area contributed by atoms with Crippen LogP contribution in [0.3, 0.4) is 0 Å². The summed E-state index contributed by atoms with van der Waals surface area (Å²) < 4.78 is 0. The van der Waals surface area contributed by atoms with Crippen LogP contribution in [0, 0.1) is 25.2 Å². The summed E-state index contributed by atoms with van der Waals surface area (Å²) in [6.07, 6.45) is 3.11. The fourth-order valence-corrected chi connectivity index (χ4v) is 4.48. The molecule has 166 valence electrons. The average Bonchev–Trinajstić information content (AvgIpc) is 2.81. The highest BCUT2D eigenvalue weighted by Gasteiger charge is 2.20. The lowest BCUT2D eigenvalue weighted by Crippen LogP contribution is -2.46. The first kappa shape index (κ1) is 22.0. The van der Waals surface area contributed by atoms with Gasteiger partial charge in [0.1, 0.15) is 5.82 Å². The van der Waals surface area contributed by atoms with Crippen LogP contribution < -0.4 is 10.2 Å². The number of aromatic nitrogens is 3. The Labute approximate surface area is 190 Å². The number of fused-ring (bicyclic) bond motifs is 1. The predicted molar refractivity (Wildman–Crippen MR) is 129 cm³/mol. The minimum Gasteiger partial charge on any atom is -0.362 e. The Kier molecular flexibility index (Phi) is 6.52. The number of pyridine rings is 1. The summed E-state index contributed by atoms with van der Waals surface area (Å²) in [6.45, 7) is 13.5. The van der Waals surface area contributed by atoms with E-state index in [1.807, 2.05) is 32.2 Å². The van der Waals surface area contributed by atoms with E-state index < -0.39 is 0 Å². The lowest BCUT2D eigenvalue weighted by Gasteiger charge is -2.35. The van der Waals surface area contributed by atoms with Crippen LogP contribution in [0.2, 0.25) is 0 Å². The van der Waals surface area contributed by atoms with Crippen molar-refractivity contribution in [3.05, 3.63) is 52.8 Å². The van der Waals surface area contributed by atoms with Gasteiger partial charge in [0, 0.05) is 43.1 Å². The second kappa shape index (κ2) is 9.49. The van der Waals surface area contributed by atoms with Crippen molar-refractivity contribution in [1.29, 1.82) is 5.26 Å². The van der Waals surface area contributed by atoms with Gasteiger partial charge in [0.15, 0.2) is 5.82 Å². The van der Waals surface area contributed by atoms with E-state index in [-0.39, 0.29) is 6.04 Å². The molecule has 0 spiro atoms. The van der Waals surface area contributed by atoms with E-state index in [1.165, 1.54) is 6.42 Å². The molecule has 1 aliphatic heterocycles. The summed E-state index contributed by atoms with van der Waals surface area (Å²) >= 11 is 0. The fourth-order valence-electron chi connectivity index (χ4n) is 4.48. The van der Waals surface area contributed by atoms with Crippen LogP contribution >= 0.6 is 0 Å². The maximum atomic E-state index is 9.38. The van der Waals surface area contributed by atoms with Gasteiger partial charge >= 0.3 is 0 Å². The third-order valence-electron chi connectivity index (χ3n) is 6.39. The van der Waals surface area contributed by atoms with Gasteiger partial charge in [-0.3, -0.25) is 4.90 Å². The molecule has 0 bridgehead atoms. The first-order valence-corrected chi connectivity index (χ1v) is 11.4. The first-order chi connectivity index (χ1) is 15.5. The second-order valence-corrected chi connectivity index (χ2v) is 8.55. The van der Waals surface area contributed by atoms with E-state index in [0.717, 1.165) is 72.0 Å². The molecule has 4 rings (SSSR count). The lowest BCUT2D eigenvalue weighted by molar-refractivity contribution is 0.258. The molecule has 1 saturated heterocycles. The number of hydrogen-bond acceptors (Lipinski definition) is 7. The molecule has 2 aromatic heterocycles. The highest BCUT2D eigenvalue weighted by atomic mass is 15.3. The van der Waals surface area contributed by atoms with Crippen LogP contribution in [-0.4, -0.2) is 52.8 Å². The van der Waals surface area contributed by atoms with Crippen molar-refractivity contribution in [3.63, 3.8) is 0 Å². The Morgan fingerprint density at radius 1 is 1.12 bits per heavy atom. The number of piperazine rings is 1. The van der Waals surface area contributed by atoms with Gasteiger partial charge in [-0.25, -0.2) is 4.98 Å². The van der Waals surface area contributed by atoms with Crippen LogP contribution in [0.5, 0.6) is 0 Å². The minimum absolute atomic E-state index is 0.0160. The smallest absolute Gasteiger partial charge is 0.157 e. The summed E-state index contributed by atoms with van der Waals surface area (Å²) in [5.41, 5.74) is 3.64. The molecule has 1 atom stereocenters. The van der Waals surface area contributed by atoms with Crippen molar-refractivity contribution >= 4 is 22.4 Å². The third kappa shape index (κ3) is 4.37. The Hall–Kier alpha value is -3.24. The van der Waals surface area contributed by atoms with Crippen molar-refractivity contribution in [1.82, 2.24) is 20.1 Å². The van der Waals surface area contributed by atoms with E-state index in [4.69, 9.17) is 4.98 Å². The van der Waals surface area contributed by atoms with E-state index in [2.05, 4.69) is 57.4 Å². The van der Waals surface area contributed by atoms with Crippen LogP contribution in [0.25, 0.3) is 10.8 Å². The topological polar surface area (TPSA) is 81.0 Å². The normalized spacial score (nSPS) is 15.5. The largest absolute Gasteiger partial charge is 0.362 e. The predicted octanol–water partition coefficient (Wildman–Crippen LogP) is 4.22. The quantitative estimate of drug-likeness (QED) is 0.628. The van der Waals surface area contributed by atoms with Gasteiger partial charge in [-0.2, -0.15) is 10.4 Å². The van der Waals surface area contributed by atoms with Gasteiger partial charge in [0.05, 0.1) is 23.4 Å². The lowest BCUT2D eigenvalue weighted by atomic mass is 9.98. The summed E-state index contributed by atoms with van der Waals surface area (Å²) in [6, 6.07) is 10.2. The molecule has 3 heterocycles. The Bertz CT molecular complexity index is 1140. The number of hydrogen-bond donors (Lipinski definition) is 1. The molecule has 1 aromatic carbocycles. The highest BCUT2D eigenvalue weighted by Crippen LogP contribution is 2.30. The van der Waals surface area contributed by atoms with Crippen molar-refractivity contribution in [2.24, 2.45) is 0 Å². The fraction of sp³-hybridized carbons (Fsp3) is 0.440. The van der Waals surface area contributed by atoms with Crippen molar-refractivity contribution < 1.29 is 0 Å². The average molecular weight is 430 g/mol. The van der Waals surface area contributed by atoms with Gasteiger partial charge in [-0.05, 0) is 57.0 Å². The summed E-state index contributed by atoms with van der Waals surface area (Å²) in [4.78, 5) is 9.62. The Morgan fingerprint density at radius 3 is 2.62 bits per heavy atom. The molecule has 0 amide bonds. The first-order valence-electron chi connectivity index (χ1n) is 11.4. The molecule has 0 saturated carbocycles. The number of nitriles is 1. The number of benzene rings is 1. The van der Waals surface area contributed by atoms with Crippen molar-refractivity contribution in [3.8, 4) is 6.07 Å². The molecule has 7 nitrogen and oxygen atoms in total. The van der Waals surface area contributed by atoms with Crippen LogP contribution in [0.4, 0.5) is 11.6 Å². The van der Waals surface area contributed by atoms with E-state index in [0.29, 0.717) is 5.56 Å². The molecule has 1 fully saturated rings. The number of rotatable bonds is 6. The molecule has 0 aliphatic carbocycles. The molecule has 1 N–H and O–H groups in total. The van der Waals surface area contributed by atoms with Gasteiger partial charge < -0.3 is 10.2 Å². The van der Waals surface area contributed by atoms with Gasteiger partial charge in [0.2, 0.25) is 0 Å². The number of aryl methyl sites for hydroxylation is 1. The summed E-state index contributed by atoms with van der Waals surface area (Å²) in [7, 11) is 0.